The van der Waals surface area contributed by atoms with Crippen molar-refractivity contribution in [3.8, 4) is 5.75 Å². The van der Waals surface area contributed by atoms with Crippen LogP contribution in [0.1, 0.15) is 29.5 Å². The highest BCUT2D eigenvalue weighted by atomic mass is 19.4. The minimum Gasteiger partial charge on any atom is -0.497 e. The monoisotopic (exact) mass is 582 g/mol. The van der Waals surface area contributed by atoms with Gasteiger partial charge in [0, 0.05) is 39.0 Å². The van der Waals surface area contributed by atoms with Crippen molar-refractivity contribution in [3.05, 3.63) is 65.2 Å². The Hall–Kier alpha value is -2.74. The molecule has 12 heteroatoms. The van der Waals surface area contributed by atoms with Crippen molar-refractivity contribution in [2.24, 2.45) is 0 Å². The normalized spacial score (nSPS) is 25.6. The topological polar surface area (TPSA) is 110 Å². The van der Waals surface area contributed by atoms with Crippen molar-refractivity contribution in [3.63, 3.8) is 0 Å². The Morgan fingerprint density at radius 3 is 2.49 bits per heavy atom. The Morgan fingerprint density at radius 1 is 1.07 bits per heavy atom. The molecule has 4 atom stereocenters. The minimum absolute atomic E-state index is 0.0303. The van der Waals surface area contributed by atoms with Crippen molar-refractivity contribution in [1.29, 1.82) is 0 Å². The minimum atomic E-state index is -4.46. The molecular formula is C29H37F3N2O7. The van der Waals surface area contributed by atoms with Crippen molar-refractivity contribution in [2.45, 2.75) is 56.1 Å². The molecule has 0 aromatic heterocycles. The van der Waals surface area contributed by atoms with E-state index in [0.717, 1.165) is 30.8 Å². The molecule has 0 spiro atoms. The molecule has 3 N–H and O–H groups in total. The number of halogens is 3. The summed E-state index contributed by atoms with van der Waals surface area (Å²) >= 11 is 0. The van der Waals surface area contributed by atoms with Gasteiger partial charge in [-0.05, 0) is 35.4 Å². The molecule has 41 heavy (non-hydrogen) atoms. The molecule has 9 nitrogen and oxygen atoms in total. The van der Waals surface area contributed by atoms with Crippen LogP contribution in [-0.2, 0) is 38.4 Å². The van der Waals surface area contributed by atoms with Gasteiger partial charge in [0.05, 0.1) is 51.3 Å². The molecule has 1 aliphatic heterocycles. The standard InChI is InChI=1S/C29H37F3N2O7/c1-38-23-4-2-3-21(15-23)19-41-28(27(37)33-9-10-34-11-13-39-14-12-34)16-24(35)26(36)25(17-28)40-18-20-5-7-22(8-6-20)29(30,31)32/h2-8,15,24-26,35-36H,9-14,16-19H2,1H3,(H,33,37)/t24-,25?,26-,28+/m1/s1. The van der Waals surface area contributed by atoms with Gasteiger partial charge in [0.2, 0.25) is 0 Å². The summed E-state index contributed by atoms with van der Waals surface area (Å²) in [4.78, 5) is 15.8. The van der Waals surface area contributed by atoms with Gasteiger partial charge >= 0.3 is 6.18 Å². The van der Waals surface area contributed by atoms with Gasteiger partial charge in [-0.15, -0.1) is 0 Å². The molecule has 1 saturated heterocycles. The van der Waals surface area contributed by atoms with Gasteiger partial charge in [-0.2, -0.15) is 13.2 Å². The lowest BCUT2D eigenvalue weighted by atomic mass is 9.78. The van der Waals surface area contributed by atoms with Crippen LogP contribution in [0.4, 0.5) is 13.2 Å². The van der Waals surface area contributed by atoms with Crippen molar-refractivity contribution >= 4 is 5.91 Å². The molecule has 1 unspecified atom stereocenters. The van der Waals surface area contributed by atoms with E-state index in [1.807, 2.05) is 6.07 Å². The third-order valence-electron chi connectivity index (χ3n) is 7.47. The van der Waals surface area contributed by atoms with Gasteiger partial charge in [-0.25, -0.2) is 0 Å². The quantitative estimate of drug-likeness (QED) is 0.371. The third kappa shape index (κ3) is 8.40. The second kappa shape index (κ2) is 14.0. The van der Waals surface area contributed by atoms with Crippen molar-refractivity contribution in [1.82, 2.24) is 10.2 Å². The summed E-state index contributed by atoms with van der Waals surface area (Å²) in [6, 6.07) is 11.7. The molecule has 0 radical (unpaired) electrons. The second-order valence-electron chi connectivity index (χ2n) is 10.4. The molecule has 2 aromatic rings. The van der Waals surface area contributed by atoms with E-state index in [0.29, 0.717) is 37.6 Å². The van der Waals surface area contributed by atoms with Crippen LogP contribution < -0.4 is 10.1 Å². The number of carbonyl (C=O) groups is 1. The number of nitrogens with zero attached hydrogens (tertiary/aromatic N) is 1. The van der Waals surface area contributed by atoms with E-state index in [-0.39, 0.29) is 26.1 Å². The largest absolute Gasteiger partial charge is 0.497 e. The van der Waals surface area contributed by atoms with E-state index in [1.165, 1.54) is 12.1 Å². The van der Waals surface area contributed by atoms with Gasteiger partial charge in [0.25, 0.3) is 5.91 Å². The molecular weight excluding hydrogens is 545 g/mol. The van der Waals surface area contributed by atoms with E-state index in [4.69, 9.17) is 18.9 Å². The number of carbonyl (C=O) groups excluding carboxylic acids is 1. The molecule has 0 bridgehead atoms. The Balaban J connectivity index is 1.47. The molecule has 2 aliphatic rings. The number of morpholine rings is 1. The number of ether oxygens (including phenoxy) is 4. The number of aliphatic hydroxyl groups excluding tert-OH is 2. The maximum absolute atomic E-state index is 13.7. The molecule has 2 aromatic carbocycles. The molecule has 1 saturated carbocycles. The summed E-state index contributed by atoms with van der Waals surface area (Å²) in [7, 11) is 1.54. The summed E-state index contributed by atoms with van der Waals surface area (Å²) in [5.41, 5.74) is -1.12. The van der Waals surface area contributed by atoms with Gasteiger partial charge in [-0.1, -0.05) is 24.3 Å². The van der Waals surface area contributed by atoms with Crippen LogP contribution in [0.5, 0.6) is 5.75 Å². The van der Waals surface area contributed by atoms with Gasteiger partial charge in [0.15, 0.2) is 5.60 Å². The molecule has 4 rings (SSSR count). The number of aliphatic hydroxyl groups is 2. The predicted octanol–water partition coefficient (Wildman–Crippen LogP) is 2.52. The summed E-state index contributed by atoms with van der Waals surface area (Å²) in [5.74, 6) is 0.176. The van der Waals surface area contributed by atoms with Crippen LogP contribution in [0, 0.1) is 0 Å². The Bertz CT molecular complexity index is 1130. The smallest absolute Gasteiger partial charge is 0.416 e. The van der Waals surface area contributed by atoms with Crippen molar-refractivity contribution < 1.29 is 47.1 Å². The van der Waals surface area contributed by atoms with Crippen LogP contribution in [-0.4, -0.2) is 91.4 Å². The van der Waals surface area contributed by atoms with Gasteiger partial charge in [-0.3, -0.25) is 9.69 Å². The number of benzene rings is 2. The van der Waals surface area contributed by atoms with Crippen LogP contribution in [0.3, 0.4) is 0 Å². The highest BCUT2D eigenvalue weighted by Gasteiger charge is 2.51. The fraction of sp³-hybridized carbons (Fsp3) is 0.552. The number of hydrogen-bond donors (Lipinski definition) is 3. The van der Waals surface area contributed by atoms with E-state index in [9.17, 15) is 28.2 Å². The summed E-state index contributed by atoms with van der Waals surface area (Å²) in [6.07, 6.45) is -8.37. The third-order valence-corrected chi connectivity index (χ3v) is 7.47. The summed E-state index contributed by atoms with van der Waals surface area (Å²) < 4.78 is 61.5. The van der Waals surface area contributed by atoms with E-state index >= 15 is 0 Å². The van der Waals surface area contributed by atoms with Crippen LogP contribution in [0.25, 0.3) is 0 Å². The predicted molar refractivity (Wildman–Crippen MR) is 142 cm³/mol. The lowest BCUT2D eigenvalue weighted by molar-refractivity contribution is -0.200. The lowest BCUT2D eigenvalue weighted by Gasteiger charge is -2.44. The number of nitrogens with one attached hydrogen (secondary N) is 1. The molecule has 1 aliphatic carbocycles. The summed E-state index contributed by atoms with van der Waals surface area (Å²) in [5, 5.41) is 24.5. The van der Waals surface area contributed by atoms with Crippen molar-refractivity contribution in [2.75, 3.05) is 46.5 Å². The fourth-order valence-electron chi connectivity index (χ4n) is 5.05. The van der Waals surface area contributed by atoms with Crippen LogP contribution >= 0.6 is 0 Å². The number of hydrogen-bond acceptors (Lipinski definition) is 8. The number of alkyl halides is 3. The first kappa shape index (κ1) is 31.2. The second-order valence-corrected chi connectivity index (χ2v) is 10.4. The average Bonchev–Trinajstić information content (AvgIpc) is 2.97. The zero-order valence-corrected chi connectivity index (χ0v) is 22.9. The SMILES string of the molecule is COc1cccc(CO[C@]2(C(=O)NCCN3CCOCC3)CC(OCc3ccc(C(F)(F)F)cc3)[C@H](O)[C@H](O)C2)c1. The van der Waals surface area contributed by atoms with Gasteiger partial charge in [0.1, 0.15) is 11.9 Å². The molecule has 2 fully saturated rings. The lowest BCUT2D eigenvalue weighted by Crippen LogP contribution is -2.61. The Morgan fingerprint density at radius 2 is 1.80 bits per heavy atom. The highest BCUT2D eigenvalue weighted by Crippen LogP contribution is 2.36. The maximum atomic E-state index is 13.7. The Kier molecular flexibility index (Phi) is 10.6. The fourth-order valence-corrected chi connectivity index (χ4v) is 5.05. The number of amides is 1. The van der Waals surface area contributed by atoms with Crippen LogP contribution in [0.2, 0.25) is 0 Å². The van der Waals surface area contributed by atoms with E-state index in [2.05, 4.69) is 10.2 Å². The van der Waals surface area contributed by atoms with Gasteiger partial charge < -0.3 is 34.5 Å². The van der Waals surface area contributed by atoms with Crippen LogP contribution in [0.15, 0.2) is 48.5 Å². The molecule has 226 valence electrons. The number of methoxy groups -OCH3 is 1. The highest BCUT2D eigenvalue weighted by molar-refractivity contribution is 5.85. The first-order valence-electron chi connectivity index (χ1n) is 13.6. The Labute approximate surface area is 237 Å². The first-order chi connectivity index (χ1) is 19.6. The molecule has 1 amide bonds. The zero-order valence-electron chi connectivity index (χ0n) is 22.9. The number of rotatable bonds is 11. The molecule has 1 heterocycles. The summed E-state index contributed by atoms with van der Waals surface area (Å²) in [6.45, 7) is 3.64. The van der Waals surface area contributed by atoms with E-state index in [1.54, 1.807) is 25.3 Å². The zero-order chi connectivity index (χ0) is 29.5. The first-order valence-corrected chi connectivity index (χ1v) is 13.6. The maximum Gasteiger partial charge on any atom is 0.416 e. The average molecular weight is 583 g/mol. The van der Waals surface area contributed by atoms with E-state index < -0.39 is 41.6 Å².